The lowest BCUT2D eigenvalue weighted by Crippen LogP contribution is -2.07. The molecule has 0 saturated heterocycles. The van der Waals surface area contributed by atoms with Crippen molar-refractivity contribution in [2.45, 2.75) is 0 Å². The Morgan fingerprint density at radius 2 is 1.62 bits per heavy atom. The van der Waals surface area contributed by atoms with Crippen LogP contribution in [0.2, 0.25) is 0 Å². The first kappa shape index (κ1) is 15.2. The number of hydrogen-bond donors (Lipinski definition) is 1. The fourth-order valence-electron chi connectivity index (χ4n) is 1.35. The number of nitrogens with one attached hydrogen (secondary N) is 1. The van der Waals surface area contributed by atoms with Crippen molar-refractivity contribution in [1.29, 1.82) is 0 Å². The molecule has 21 heavy (non-hydrogen) atoms. The van der Waals surface area contributed by atoms with E-state index in [1.807, 2.05) is 5.32 Å². The molecule has 2 rings (SSSR count). The van der Waals surface area contributed by atoms with Crippen LogP contribution in [0.25, 0.3) is 0 Å². The van der Waals surface area contributed by atoms with Gasteiger partial charge in [-0.05, 0) is 0 Å². The highest BCUT2D eigenvalue weighted by atomic mass is 32.1. The van der Waals surface area contributed by atoms with Crippen LogP contribution in [0.1, 0.15) is 10.5 Å². The predicted molar refractivity (Wildman–Crippen MR) is 63.0 cm³/mol. The molecule has 0 unspecified atom stereocenters. The minimum Gasteiger partial charge on any atom is -0.464 e. The van der Waals surface area contributed by atoms with Crippen LogP contribution in [0.3, 0.4) is 0 Å². The zero-order chi connectivity index (χ0) is 15.7. The molecule has 0 radical (unpaired) electrons. The van der Waals surface area contributed by atoms with Gasteiger partial charge in [-0.15, -0.1) is 11.3 Å². The summed E-state index contributed by atoms with van der Waals surface area (Å²) >= 11 is 0.726. The molecule has 0 aliphatic carbocycles. The molecule has 0 aliphatic heterocycles. The molecule has 0 saturated carbocycles. The largest absolute Gasteiger partial charge is 0.464 e. The first-order chi connectivity index (χ1) is 9.86. The molecule has 0 bridgehead atoms. The second-order valence-corrected chi connectivity index (χ2v) is 4.46. The number of thiazole rings is 1. The van der Waals surface area contributed by atoms with E-state index in [1.165, 1.54) is 5.38 Å². The van der Waals surface area contributed by atoms with Gasteiger partial charge < -0.3 is 10.1 Å². The van der Waals surface area contributed by atoms with Gasteiger partial charge in [0, 0.05) is 5.38 Å². The van der Waals surface area contributed by atoms with Gasteiger partial charge in [0.25, 0.3) is 0 Å². The SMILES string of the molecule is COC(=O)c1csc(Nc2c(F)c(F)c(F)c(F)c2F)n1. The number of rotatable bonds is 3. The number of hydrogen-bond acceptors (Lipinski definition) is 5. The molecule has 1 aromatic heterocycles. The zero-order valence-electron chi connectivity index (χ0n) is 10.1. The van der Waals surface area contributed by atoms with Crippen molar-refractivity contribution in [2.24, 2.45) is 0 Å². The molecule has 4 nitrogen and oxygen atoms in total. The fourth-order valence-corrected chi connectivity index (χ4v) is 2.04. The number of carbonyl (C=O) groups excluding carboxylic acids is 1. The maximum absolute atomic E-state index is 13.4. The number of anilines is 2. The number of aromatic nitrogens is 1. The van der Waals surface area contributed by atoms with Crippen molar-refractivity contribution in [1.82, 2.24) is 4.98 Å². The third kappa shape index (κ3) is 2.66. The molecule has 0 spiro atoms. The molecule has 2 aromatic rings. The zero-order valence-corrected chi connectivity index (χ0v) is 11.0. The van der Waals surface area contributed by atoms with Crippen molar-refractivity contribution < 1.29 is 31.5 Å². The van der Waals surface area contributed by atoms with E-state index in [9.17, 15) is 26.7 Å². The van der Waals surface area contributed by atoms with Crippen LogP contribution in [-0.4, -0.2) is 18.1 Å². The highest BCUT2D eigenvalue weighted by molar-refractivity contribution is 7.14. The maximum atomic E-state index is 13.4. The number of halogens is 5. The lowest BCUT2D eigenvalue weighted by molar-refractivity contribution is 0.0595. The molecule has 0 fully saturated rings. The first-order valence-electron chi connectivity index (χ1n) is 5.19. The van der Waals surface area contributed by atoms with Crippen LogP contribution >= 0.6 is 11.3 Å². The van der Waals surface area contributed by atoms with Crippen LogP contribution in [-0.2, 0) is 4.74 Å². The van der Waals surface area contributed by atoms with Crippen LogP contribution in [0.5, 0.6) is 0 Å². The number of methoxy groups -OCH3 is 1. The molecule has 112 valence electrons. The van der Waals surface area contributed by atoms with E-state index in [4.69, 9.17) is 0 Å². The average molecular weight is 324 g/mol. The summed E-state index contributed by atoms with van der Waals surface area (Å²) in [6.45, 7) is 0. The van der Waals surface area contributed by atoms with E-state index < -0.39 is 40.7 Å². The Balaban J connectivity index is 2.40. The lowest BCUT2D eigenvalue weighted by Gasteiger charge is -2.08. The highest BCUT2D eigenvalue weighted by Gasteiger charge is 2.26. The van der Waals surface area contributed by atoms with Crippen LogP contribution in [0.4, 0.5) is 32.8 Å². The Hall–Kier alpha value is -2.23. The summed E-state index contributed by atoms with van der Waals surface area (Å²) in [7, 11) is 1.10. The molecular weight excluding hydrogens is 319 g/mol. The number of ether oxygens (including phenoxy) is 1. The predicted octanol–water partition coefficient (Wildman–Crippen LogP) is 3.37. The summed E-state index contributed by atoms with van der Waals surface area (Å²) in [5.41, 5.74) is -1.42. The van der Waals surface area contributed by atoms with Gasteiger partial charge in [0.05, 0.1) is 7.11 Å². The maximum Gasteiger partial charge on any atom is 0.357 e. The van der Waals surface area contributed by atoms with Gasteiger partial charge in [0.15, 0.2) is 34.1 Å². The molecule has 10 heteroatoms. The summed E-state index contributed by atoms with van der Waals surface area (Å²) < 4.78 is 70.1. The van der Waals surface area contributed by atoms with E-state index in [0.29, 0.717) is 0 Å². The summed E-state index contributed by atoms with van der Waals surface area (Å²) in [6.07, 6.45) is 0. The number of carbonyl (C=O) groups is 1. The van der Waals surface area contributed by atoms with Crippen LogP contribution < -0.4 is 5.32 Å². The molecule has 0 atom stereocenters. The lowest BCUT2D eigenvalue weighted by atomic mass is 10.2. The smallest absolute Gasteiger partial charge is 0.357 e. The third-order valence-electron chi connectivity index (χ3n) is 2.34. The minimum atomic E-state index is -2.26. The van der Waals surface area contributed by atoms with E-state index in [0.717, 1.165) is 18.4 Å². The van der Waals surface area contributed by atoms with Crippen LogP contribution in [0.15, 0.2) is 5.38 Å². The van der Waals surface area contributed by atoms with Crippen molar-refractivity contribution in [3.8, 4) is 0 Å². The minimum absolute atomic E-state index is 0.172. The molecule has 1 aromatic carbocycles. The molecule has 0 amide bonds. The van der Waals surface area contributed by atoms with Gasteiger partial charge in [-0.3, -0.25) is 0 Å². The second-order valence-electron chi connectivity index (χ2n) is 3.60. The summed E-state index contributed by atoms with van der Waals surface area (Å²) in [5, 5.41) is 2.91. The monoisotopic (exact) mass is 324 g/mol. The number of esters is 1. The molecule has 0 aliphatic rings. The van der Waals surface area contributed by atoms with Crippen molar-refractivity contribution in [3.05, 3.63) is 40.2 Å². The number of nitrogens with zero attached hydrogens (tertiary/aromatic N) is 1. The van der Waals surface area contributed by atoms with Gasteiger partial charge in [-0.2, -0.15) is 0 Å². The van der Waals surface area contributed by atoms with Crippen molar-refractivity contribution >= 4 is 28.1 Å². The highest BCUT2D eigenvalue weighted by Crippen LogP contribution is 2.30. The molecule has 1 heterocycles. The average Bonchev–Trinajstić information content (AvgIpc) is 2.95. The topological polar surface area (TPSA) is 51.2 Å². The fraction of sp³-hybridized carbons (Fsp3) is 0.0909. The Labute approximate surface area is 118 Å². The second kappa shape index (κ2) is 5.64. The van der Waals surface area contributed by atoms with Gasteiger partial charge >= 0.3 is 5.97 Å². The van der Waals surface area contributed by atoms with Gasteiger partial charge in [-0.25, -0.2) is 31.7 Å². The summed E-state index contributed by atoms with van der Waals surface area (Å²) in [6, 6.07) is 0. The normalized spacial score (nSPS) is 10.6. The van der Waals surface area contributed by atoms with E-state index in [2.05, 4.69) is 9.72 Å². The van der Waals surface area contributed by atoms with E-state index in [-0.39, 0.29) is 10.8 Å². The van der Waals surface area contributed by atoms with E-state index >= 15 is 0 Å². The van der Waals surface area contributed by atoms with E-state index in [1.54, 1.807) is 0 Å². The first-order valence-corrected chi connectivity index (χ1v) is 6.07. The quantitative estimate of drug-likeness (QED) is 0.407. The van der Waals surface area contributed by atoms with Crippen LogP contribution in [0, 0.1) is 29.1 Å². The Morgan fingerprint density at radius 3 is 2.14 bits per heavy atom. The van der Waals surface area contributed by atoms with Crippen molar-refractivity contribution in [3.63, 3.8) is 0 Å². The standard InChI is InChI=1S/C11H5F5N2O2S/c1-20-10(19)3-2-21-11(17-3)18-9-7(15)5(13)4(12)6(14)8(9)16/h2H,1H3,(H,17,18). The molecule has 1 N–H and O–H groups in total. The van der Waals surface area contributed by atoms with Gasteiger partial charge in [0.1, 0.15) is 5.69 Å². The number of benzene rings is 1. The molecular formula is C11H5F5N2O2S. The third-order valence-corrected chi connectivity index (χ3v) is 3.10. The van der Waals surface area contributed by atoms with Gasteiger partial charge in [-0.1, -0.05) is 0 Å². The summed E-state index contributed by atoms with van der Waals surface area (Å²) in [5.74, 6) is -11.3. The van der Waals surface area contributed by atoms with Gasteiger partial charge in [0.2, 0.25) is 5.82 Å². The summed E-state index contributed by atoms with van der Waals surface area (Å²) in [4.78, 5) is 14.7. The Morgan fingerprint density at radius 1 is 1.10 bits per heavy atom. The Bertz CT molecular complexity index is 690. The van der Waals surface area contributed by atoms with Crippen molar-refractivity contribution in [2.75, 3.05) is 12.4 Å². The Kier molecular flexibility index (Phi) is 4.07.